The van der Waals surface area contributed by atoms with Crippen LogP contribution in [-0.2, 0) is 9.53 Å². The van der Waals surface area contributed by atoms with Crippen LogP contribution in [0.15, 0.2) is 6.07 Å². The van der Waals surface area contributed by atoms with Crippen LogP contribution in [0.2, 0.25) is 0 Å². The number of rotatable bonds is 5. The van der Waals surface area contributed by atoms with E-state index in [0.717, 1.165) is 0 Å². The second kappa shape index (κ2) is 6.13. The third kappa shape index (κ3) is 3.11. The summed E-state index contributed by atoms with van der Waals surface area (Å²) in [5.41, 5.74) is -2.47. The maximum absolute atomic E-state index is 13.4. The van der Waals surface area contributed by atoms with Crippen molar-refractivity contribution in [1.82, 2.24) is 0 Å². The van der Waals surface area contributed by atoms with E-state index in [1.807, 2.05) is 0 Å². The van der Waals surface area contributed by atoms with Crippen LogP contribution >= 0.6 is 0 Å². The van der Waals surface area contributed by atoms with Gasteiger partial charge in [-0.15, -0.1) is 0 Å². The van der Waals surface area contributed by atoms with Gasteiger partial charge >= 0.3 is 11.7 Å². The molecule has 0 N–H and O–H groups in total. The lowest BCUT2D eigenvalue weighted by Crippen LogP contribution is -2.14. The molecule has 0 atom stereocenters. The summed E-state index contributed by atoms with van der Waals surface area (Å²) in [5.74, 6) is -8.30. The molecule has 0 aliphatic carbocycles. The molecule has 1 rings (SSSR count). The zero-order valence-electron chi connectivity index (χ0n) is 10.1. The number of ether oxygens (including phenoxy) is 1. The summed E-state index contributed by atoms with van der Waals surface area (Å²) in [5, 5.41) is 10.5. The Labute approximate surface area is 110 Å². The molecule has 0 aliphatic heterocycles. The maximum atomic E-state index is 13.4. The molecule has 9 heteroatoms. The Morgan fingerprint density at radius 1 is 1.25 bits per heavy atom. The molecule has 0 saturated carbocycles. The predicted octanol–water partition coefficient (Wildman–Crippen LogP) is 2.15. The molecule has 0 unspecified atom stereocenters. The largest absolute Gasteiger partial charge is 0.466 e. The molecule has 1 aromatic carbocycles. The minimum Gasteiger partial charge on any atom is -0.466 e. The van der Waals surface area contributed by atoms with Gasteiger partial charge in [-0.25, -0.2) is 8.78 Å². The highest BCUT2D eigenvalue weighted by Crippen LogP contribution is 2.26. The van der Waals surface area contributed by atoms with E-state index >= 15 is 0 Å². The quantitative estimate of drug-likeness (QED) is 0.207. The number of halogens is 3. The number of ketones is 1. The number of nitro groups is 1. The number of benzene rings is 1. The molecule has 20 heavy (non-hydrogen) atoms. The predicted molar refractivity (Wildman–Crippen MR) is 58.6 cm³/mol. The summed E-state index contributed by atoms with van der Waals surface area (Å²) in [7, 11) is 0. The molecule has 0 aromatic heterocycles. The van der Waals surface area contributed by atoms with Gasteiger partial charge in [0.1, 0.15) is 6.42 Å². The van der Waals surface area contributed by atoms with E-state index in [2.05, 4.69) is 4.74 Å². The Morgan fingerprint density at radius 3 is 2.35 bits per heavy atom. The maximum Gasteiger partial charge on any atom is 0.313 e. The molecule has 6 nitrogen and oxygen atoms in total. The monoisotopic (exact) mass is 291 g/mol. The molecule has 0 heterocycles. The first kappa shape index (κ1) is 15.6. The van der Waals surface area contributed by atoms with Gasteiger partial charge in [-0.3, -0.25) is 19.7 Å². The SMILES string of the molecule is CCOC(=O)CC(=O)c1cc([N+](=O)[O-])c(F)c(F)c1F. The summed E-state index contributed by atoms with van der Waals surface area (Å²) >= 11 is 0. The van der Waals surface area contributed by atoms with Crippen LogP contribution < -0.4 is 0 Å². The van der Waals surface area contributed by atoms with Crippen LogP contribution in [0.5, 0.6) is 0 Å². The molecule has 0 saturated heterocycles. The molecule has 108 valence electrons. The zero-order valence-corrected chi connectivity index (χ0v) is 10.1. The topological polar surface area (TPSA) is 86.5 Å². The summed E-state index contributed by atoms with van der Waals surface area (Å²) in [4.78, 5) is 31.7. The van der Waals surface area contributed by atoms with E-state index in [1.54, 1.807) is 0 Å². The fourth-order valence-corrected chi connectivity index (χ4v) is 1.36. The average molecular weight is 291 g/mol. The van der Waals surface area contributed by atoms with Crippen molar-refractivity contribution >= 4 is 17.4 Å². The van der Waals surface area contributed by atoms with Crippen LogP contribution in [0, 0.1) is 27.6 Å². The lowest BCUT2D eigenvalue weighted by Gasteiger charge is -2.05. The smallest absolute Gasteiger partial charge is 0.313 e. The molecular formula is C11H8F3NO5. The van der Waals surface area contributed by atoms with E-state index in [4.69, 9.17) is 0 Å². The summed E-state index contributed by atoms with van der Waals surface area (Å²) in [6.45, 7) is 1.43. The minimum atomic E-state index is -2.15. The highest BCUT2D eigenvalue weighted by atomic mass is 19.2. The highest BCUT2D eigenvalue weighted by Gasteiger charge is 2.29. The summed E-state index contributed by atoms with van der Waals surface area (Å²) in [6, 6.07) is 0.245. The standard InChI is InChI=1S/C11H8F3NO5/c1-2-20-8(17)4-7(16)5-3-6(15(18)19)10(13)11(14)9(5)12/h3H,2,4H2,1H3. The number of nitro benzene ring substituents is 1. The second-order valence-corrected chi connectivity index (χ2v) is 3.55. The van der Waals surface area contributed by atoms with Gasteiger partial charge in [-0.1, -0.05) is 0 Å². The van der Waals surface area contributed by atoms with Gasteiger partial charge in [-0.05, 0) is 6.92 Å². The molecule has 0 spiro atoms. The third-order valence-corrected chi connectivity index (χ3v) is 2.24. The van der Waals surface area contributed by atoms with Gasteiger partial charge in [0.2, 0.25) is 11.6 Å². The van der Waals surface area contributed by atoms with Crippen molar-refractivity contribution in [2.45, 2.75) is 13.3 Å². The van der Waals surface area contributed by atoms with E-state index in [-0.39, 0.29) is 12.7 Å². The van der Waals surface area contributed by atoms with E-state index in [0.29, 0.717) is 0 Å². The van der Waals surface area contributed by atoms with Gasteiger partial charge < -0.3 is 4.74 Å². The average Bonchev–Trinajstić information content (AvgIpc) is 2.35. The number of hydrogen-bond donors (Lipinski definition) is 0. The Bertz CT molecular complexity index is 588. The highest BCUT2D eigenvalue weighted by molar-refractivity contribution is 6.06. The van der Waals surface area contributed by atoms with Crippen LogP contribution in [0.4, 0.5) is 18.9 Å². The number of nitrogens with zero attached hydrogens (tertiary/aromatic N) is 1. The molecule has 0 amide bonds. The van der Waals surface area contributed by atoms with Crippen molar-refractivity contribution in [3.8, 4) is 0 Å². The molecule has 0 bridgehead atoms. The number of carbonyl (C=O) groups is 2. The first-order valence-corrected chi connectivity index (χ1v) is 5.30. The third-order valence-electron chi connectivity index (χ3n) is 2.24. The number of carbonyl (C=O) groups excluding carboxylic acids is 2. The van der Waals surface area contributed by atoms with Crippen molar-refractivity contribution in [2.24, 2.45) is 0 Å². The van der Waals surface area contributed by atoms with E-state index in [9.17, 15) is 32.9 Å². The molecule has 0 radical (unpaired) electrons. The summed E-state index contributed by atoms with van der Waals surface area (Å²) in [6.07, 6.45) is -0.938. The van der Waals surface area contributed by atoms with E-state index in [1.165, 1.54) is 6.92 Å². The van der Waals surface area contributed by atoms with Gasteiger partial charge in [0.05, 0.1) is 17.1 Å². The van der Waals surface area contributed by atoms with E-state index < -0.39 is 51.8 Å². The first-order valence-electron chi connectivity index (χ1n) is 5.30. The van der Waals surface area contributed by atoms with Crippen molar-refractivity contribution < 1.29 is 32.4 Å². The molecule has 0 fully saturated rings. The Hall–Kier alpha value is -2.45. The first-order chi connectivity index (χ1) is 9.29. The zero-order chi connectivity index (χ0) is 15.4. The lowest BCUT2D eigenvalue weighted by atomic mass is 10.1. The van der Waals surface area contributed by atoms with Gasteiger partial charge in [0.15, 0.2) is 11.6 Å². The fraction of sp³-hybridized carbons (Fsp3) is 0.273. The molecule has 1 aromatic rings. The van der Waals surface area contributed by atoms with Crippen LogP contribution in [0.1, 0.15) is 23.7 Å². The normalized spacial score (nSPS) is 10.2. The fourth-order valence-electron chi connectivity index (χ4n) is 1.36. The van der Waals surface area contributed by atoms with Crippen LogP contribution in [0.25, 0.3) is 0 Å². The van der Waals surface area contributed by atoms with Crippen LogP contribution in [0.3, 0.4) is 0 Å². The Kier molecular flexibility index (Phi) is 4.78. The Morgan fingerprint density at radius 2 is 1.85 bits per heavy atom. The van der Waals surface area contributed by atoms with Crippen LogP contribution in [-0.4, -0.2) is 23.3 Å². The minimum absolute atomic E-state index is 0.0352. The van der Waals surface area contributed by atoms with Gasteiger partial charge in [-0.2, -0.15) is 4.39 Å². The second-order valence-electron chi connectivity index (χ2n) is 3.55. The van der Waals surface area contributed by atoms with Crippen molar-refractivity contribution in [3.63, 3.8) is 0 Å². The Balaban J connectivity index is 3.21. The number of Topliss-reactive ketones (excluding diaryl/α,β-unsaturated/α-hetero) is 1. The lowest BCUT2D eigenvalue weighted by molar-refractivity contribution is -0.387. The molecular weight excluding hydrogens is 283 g/mol. The van der Waals surface area contributed by atoms with Gasteiger partial charge in [0, 0.05) is 6.07 Å². The number of esters is 1. The van der Waals surface area contributed by atoms with Crippen molar-refractivity contribution in [2.75, 3.05) is 6.61 Å². The van der Waals surface area contributed by atoms with Crippen molar-refractivity contribution in [1.29, 1.82) is 0 Å². The summed E-state index contributed by atoms with van der Waals surface area (Å²) < 4.78 is 44.0. The number of hydrogen-bond acceptors (Lipinski definition) is 5. The van der Waals surface area contributed by atoms with Crippen molar-refractivity contribution in [3.05, 3.63) is 39.2 Å². The van der Waals surface area contributed by atoms with Gasteiger partial charge in [0.25, 0.3) is 0 Å². The molecule has 0 aliphatic rings.